The molecule has 0 N–H and O–H groups in total. The lowest BCUT2D eigenvalue weighted by atomic mass is 10.2. The van der Waals surface area contributed by atoms with E-state index < -0.39 is 6.11 Å². The zero-order chi connectivity index (χ0) is 14.6. The number of hydrogen-bond donors (Lipinski definition) is 0. The van der Waals surface area contributed by atoms with E-state index in [0.717, 1.165) is 5.56 Å². The van der Waals surface area contributed by atoms with Crippen LogP contribution in [0.25, 0.3) is 0 Å². The van der Waals surface area contributed by atoms with Crippen molar-refractivity contribution < 1.29 is 18.3 Å². The molecular weight excluding hydrogens is 286 g/mol. The third-order valence-electron chi connectivity index (χ3n) is 2.42. The molecular formula is C15H13ClF2O2. The van der Waals surface area contributed by atoms with Gasteiger partial charge in [-0.25, -0.2) is 0 Å². The van der Waals surface area contributed by atoms with E-state index in [0.29, 0.717) is 24.3 Å². The van der Waals surface area contributed by atoms with Crippen LogP contribution >= 0.6 is 11.6 Å². The molecule has 2 nitrogen and oxygen atoms in total. The average Bonchev–Trinajstić information content (AvgIpc) is 2.38. The van der Waals surface area contributed by atoms with Crippen LogP contribution in [0.15, 0.2) is 48.5 Å². The predicted molar refractivity (Wildman–Crippen MR) is 73.8 cm³/mol. The summed E-state index contributed by atoms with van der Waals surface area (Å²) in [6, 6.07) is 13.3. The van der Waals surface area contributed by atoms with Crippen molar-refractivity contribution >= 4 is 11.6 Å². The Morgan fingerprint density at radius 2 is 1.65 bits per heavy atom. The number of ether oxygens (including phenoxy) is 2. The Bertz CT molecular complexity index is 565. The van der Waals surface area contributed by atoms with Crippen LogP contribution in [-0.2, 0) is 5.88 Å². The molecule has 2 aromatic carbocycles. The quantitative estimate of drug-likeness (QED) is 0.706. The van der Waals surface area contributed by atoms with Gasteiger partial charge in [-0.1, -0.05) is 18.2 Å². The van der Waals surface area contributed by atoms with Crippen molar-refractivity contribution in [1.82, 2.24) is 0 Å². The maximum atomic E-state index is 12.8. The Morgan fingerprint density at radius 3 is 2.25 bits per heavy atom. The van der Waals surface area contributed by atoms with Crippen molar-refractivity contribution in [2.24, 2.45) is 0 Å². The van der Waals surface area contributed by atoms with Crippen LogP contribution in [0.1, 0.15) is 12.5 Å². The van der Waals surface area contributed by atoms with E-state index in [1.807, 2.05) is 12.1 Å². The van der Waals surface area contributed by atoms with Gasteiger partial charge in [-0.3, -0.25) is 0 Å². The molecule has 0 radical (unpaired) electrons. The summed E-state index contributed by atoms with van der Waals surface area (Å²) in [5, 5.41) is 0. The minimum Gasteiger partial charge on any atom is -0.457 e. The number of benzene rings is 2. The standard InChI is InChI=1S/C15H13ClF2O2/c1-15(17,18)20-14-4-2-3-13(9-14)19-12-7-5-11(10-16)6-8-12/h2-9H,10H2,1H3. The van der Waals surface area contributed by atoms with Crippen LogP contribution in [0.4, 0.5) is 8.78 Å². The monoisotopic (exact) mass is 298 g/mol. The van der Waals surface area contributed by atoms with E-state index in [2.05, 4.69) is 4.74 Å². The fourth-order valence-electron chi connectivity index (χ4n) is 1.59. The first-order valence-corrected chi connectivity index (χ1v) is 6.49. The molecule has 0 fully saturated rings. The van der Waals surface area contributed by atoms with Gasteiger partial charge in [-0.2, -0.15) is 8.78 Å². The minimum absolute atomic E-state index is 0.0485. The number of rotatable bonds is 5. The second kappa shape index (κ2) is 6.09. The number of alkyl halides is 3. The van der Waals surface area contributed by atoms with Crippen LogP contribution in [-0.4, -0.2) is 6.11 Å². The van der Waals surface area contributed by atoms with Crippen molar-refractivity contribution in [3.63, 3.8) is 0 Å². The fourth-order valence-corrected chi connectivity index (χ4v) is 1.77. The topological polar surface area (TPSA) is 18.5 Å². The Hall–Kier alpha value is -1.81. The molecule has 0 saturated heterocycles. The van der Waals surface area contributed by atoms with Crippen molar-refractivity contribution in [2.75, 3.05) is 0 Å². The van der Waals surface area contributed by atoms with Gasteiger partial charge in [-0.05, 0) is 29.8 Å². The molecule has 0 unspecified atom stereocenters. The zero-order valence-electron chi connectivity index (χ0n) is 10.8. The van der Waals surface area contributed by atoms with E-state index >= 15 is 0 Å². The van der Waals surface area contributed by atoms with Gasteiger partial charge in [0.25, 0.3) is 0 Å². The molecule has 0 aliphatic heterocycles. The summed E-state index contributed by atoms with van der Waals surface area (Å²) in [5.41, 5.74) is 0.974. The molecule has 0 aliphatic carbocycles. The molecule has 0 atom stereocenters. The van der Waals surface area contributed by atoms with Gasteiger partial charge in [0.2, 0.25) is 0 Å². The summed E-state index contributed by atoms with van der Waals surface area (Å²) in [6.45, 7) is 0.686. The van der Waals surface area contributed by atoms with E-state index in [4.69, 9.17) is 16.3 Å². The average molecular weight is 299 g/mol. The Labute approximate surface area is 120 Å². The summed E-state index contributed by atoms with van der Waals surface area (Å²) < 4.78 is 35.6. The maximum absolute atomic E-state index is 12.8. The third kappa shape index (κ3) is 4.38. The van der Waals surface area contributed by atoms with E-state index in [1.165, 1.54) is 12.1 Å². The van der Waals surface area contributed by atoms with Gasteiger partial charge in [0, 0.05) is 18.9 Å². The molecule has 20 heavy (non-hydrogen) atoms. The van der Waals surface area contributed by atoms with Crippen molar-refractivity contribution in [3.05, 3.63) is 54.1 Å². The number of hydrogen-bond acceptors (Lipinski definition) is 2. The van der Waals surface area contributed by atoms with E-state index in [-0.39, 0.29) is 5.75 Å². The summed E-state index contributed by atoms with van der Waals surface area (Å²) in [4.78, 5) is 0. The summed E-state index contributed by atoms with van der Waals surface area (Å²) in [5.74, 6) is 1.49. The first-order valence-electron chi connectivity index (χ1n) is 5.96. The van der Waals surface area contributed by atoms with Gasteiger partial charge < -0.3 is 9.47 Å². The largest absolute Gasteiger partial charge is 0.457 e. The highest BCUT2D eigenvalue weighted by Crippen LogP contribution is 2.28. The summed E-state index contributed by atoms with van der Waals surface area (Å²) in [6.07, 6.45) is -3.22. The Balaban J connectivity index is 2.10. The molecule has 0 amide bonds. The van der Waals surface area contributed by atoms with Crippen LogP contribution in [0.5, 0.6) is 17.2 Å². The molecule has 0 saturated carbocycles. The van der Waals surface area contributed by atoms with Gasteiger partial charge in [0.1, 0.15) is 17.2 Å². The van der Waals surface area contributed by atoms with Crippen molar-refractivity contribution in [3.8, 4) is 17.2 Å². The number of halogens is 3. The molecule has 5 heteroatoms. The second-order valence-corrected chi connectivity index (χ2v) is 4.53. The van der Waals surface area contributed by atoms with Crippen molar-refractivity contribution in [1.29, 1.82) is 0 Å². The fraction of sp³-hybridized carbons (Fsp3) is 0.200. The van der Waals surface area contributed by atoms with Crippen LogP contribution in [0.2, 0.25) is 0 Å². The minimum atomic E-state index is -3.22. The molecule has 0 aliphatic rings. The Kier molecular flexibility index (Phi) is 4.45. The van der Waals surface area contributed by atoms with Crippen LogP contribution < -0.4 is 9.47 Å². The molecule has 0 aromatic heterocycles. The highest BCUT2D eigenvalue weighted by Gasteiger charge is 2.23. The summed E-state index contributed by atoms with van der Waals surface area (Å²) in [7, 11) is 0. The lowest BCUT2D eigenvalue weighted by molar-refractivity contribution is -0.158. The molecule has 0 heterocycles. The lowest BCUT2D eigenvalue weighted by Gasteiger charge is -2.14. The first-order chi connectivity index (χ1) is 9.46. The van der Waals surface area contributed by atoms with Crippen LogP contribution in [0.3, 0.4) is 0 Å². The van der Waals surface area contributed by atoms with E-state index in [1.54, 1.807) is 24.3 Å². The third-order valence-corrected chi connectivity index (χ3v) is 2.72. The molecule has 106 valence electrons. The first kappa shape index (κ1) is 14.6. The highest BCUT2D eigenvalue weighted by atomic mass is 35.5. The second-order valence-electron chi connectivity index (χ2n) is 4.26. The van der Waals surface area contributed by atoms with Gasteiger partial charge in [0.05, 0.1) is 0 Å². The maximum Gasteiger partial charge on any atom is 0.394 e. The smallest absolute Gasteiger partial charge is 0.394 e. The van der Waals surface area contributed by atoms with Gasteiger partial charge in [0.15, 0.2) is 0 Å². The molecule has 0 bridgehead atoms. The SMILES string of the molecule is CC(F)(F)Oc1cccc(Oc2ccc(CCl)cc2)c1. The predicted octanol–water partition coefficient (Wildman–Crippen LogP) is 5.21. The summed E-state index contributed by atoms with van der Waals surface area (Å²) >= 11 is 5.69. The Morgan fingerprint density at radius 1 is 1.00 bits per heavy atom. The zero-order valence-corrected chi connectivity index (χ0v) is 11.5. The lowest BCUT2D eigenvalue weighted by Crippen LogP contribution is -2.18. The van der Waals surface area contributed by atoms with E-state index in [9.17, 15) is 8.78 Å². The molecule has 0 spiro atoms. The molecule has 2 aromatic rings. The van der Waals surface area contributed by atoms with Crippen LogP contribution in [0, 0.1) is 0 Å². The van der Waals surface area contributed by atoms with Gasteiger partial charge in [-0.15, -0.1) is 11.6 Å². The van der Waals surface area contributed by atoms with Crippen molar-refractivity contribution in [2.45, 2.75) is 18.9 Å². The molecule has 2 rings (SSSR count). The highest BCUT2D eigenvalue weighted by molar-refractivity contribution is 6.17. The van der Waals surface area contributed by atoms with Gasteiger partial charge >= 0.3 is 6.11 Å². The normalized spacial score (nSPS) is 11.2.